The van der Waals surface area contributed by atoms with Crippen LogP contribution in [0.4, 0.5) is 14.5 Å². The Morgan fingerprint density at radius 3 is 2.53 bits per heavy atom. The van der Waals surface area contributed by atoms with Crippen molar-refractivity contribution in [3.63, 3.8) is 0 Å². The largest absolute Gasteiger partial charge is 0.477 e. The number of benzene rings is 1. The van der Waals surface area contributed by atoms with Crippen molar-refractivity contribution in [1.82, 2.24) is 9.47 Å². The molecule has 2 fully saturated rings. The van der Waals surface area contributed by atoms with Gasteiger partial charge in [-0.3, -0.25) is 4.79 Å². The summed E-state index contributed by atoms with van der Waals surface area (Å²) >= 11 is 0. The van der Waals surface area contributed by atoms with Gasteiger partial charge in [-0.1, -0.05) is 13.8 Å². The van der Waals surface area contributed by atoms with Crippen LogP contribution in [0.25, 0.3) is 10.9 Å². The topological polar surface area (TPSA) is 65.8 Å². The summed E-state index contributed by atoms with van der Waals surface area (Å²) in [5, 5.41) is 9.14. The second-order valence-electron chi connectivity index (χ2n) is 8.32. The number of aromatic nitrogens is 1. The number of halogens is 2. The van der Waals surface area contributed by atoms with Crippen LogP contribution in [0.5, 0.6) is 0 Å². The Labute approximate surface area is 173 Å². The van der Waals surface area contributed by atoms with Gasteiger partial charge in [0, 0.05) is 31.9 Å². The number of carboxylic acids is 1. The van der Waals surface area contributed by atoms with Gasteiger partial charge in [0.05, 0.1) is 10.9 Å². The Morgan fingerprint density at radius 2 is 1.93 bits per heavy atom. The third-order valence-electron chi connectivity index (χ3n) is 6.37. The minimum Gasteiger partial charge on any atom is -0.477 e. The van der Waals surface area contributed by atoms with E-state index in [1.54, 1.807) is 4.90 Å². The van der Waals surface area contributed by atoms with Crippen molar-refractivity contribution < 1.29 is 18.7 Å². The quantitative estimate of drug-likeness (QED) is 0.744. The first-order chi connectivity index (χ1) is 14.3. The van der Waals surface area contributed by atoms with E-state index in [0.717, 1.165) is 45.0 Å². The molecule has 2 aromatic rings. The summed E-state index contributed by atoms with van der Waals surface area (Å²) in [7, 11) is 0. The third-order valence-corrected chi connectivity index (χ3v) is 6.37. The fraction of sp³-hybridized carbons (Fsp3) is 0.545. The van der Waals surface area contributed by atoms with Gasteiger partial charge in [-0.05, 0) is 44.3 Å². The van der Waals surface area contributed by atoms with E-state index in [4.69, 9.17) is 0 Å². The number of hydrogen-bond acceptors (Lipinski definition) is 4. The maximum Gasteiger partial charge on any atom is 0.341 e. The van der Waals surface area contributed by atoms with Crippen LogP contribution in [-0.4, -0.2) is 53.3 Å². The number of pyridine rings is 1. The number of aromatic carboxylic acids is 1. The van der Waals surface area contributed by atoms with E-state index in [1.807, 2.05) is 0 Å². The normalized spacial score (nSPS) is 19.2. The van der Waals surface area contributed by atoms with Crippen molar-refractivity contribution in [2.75, 3.05) is 37.6 Å². The number of carbonyl (C=O) groups is 1. The molecule has 1 aromatic carbocycles. The number of nitrogens with zero attached hydrogens (tertiary/aromatic N) is 3. The van der Waals surface area contributed by atoms with E-state index in [1.165, 1.54) is 10.8 Å². The smallest absolute Gasteiger partial charge is 0.341 e. The summed E-state index contributed by atoms with van der Waals surface area (Å²) < 4.78 is 32.2. The zero-order valence-electron chi connectivity index (χ0n) is 17.3. The average molecular weight is 419 g/mol. The average Bonchev–Trinajstić information content (AvgIpc) is 3.46. The predicted octanol–water partition coefficient (Wildman–Crippen LogP) is 3.48. The van der Waals surface area contributed by atoms with Crippen LogP contribution >= 0.6 is 0 Å². The van der Waals surface area contributed by atoms with Gasteiger partial charge in [0.15, 0.2) is 5.82 Å². The van der Waals surface area contributed by atoms with Gasteiger partial charge < -0.3 is 19.5 Å². The highest BCUT2D eigenvalue weighted by Crippen LogP contribution is 2.40. The minimum atomic E-state index is -1.39. The lowest BCUT2D eigenvalue weighted by Gasteiger charge is -2.24. The van der Waals surface area contributed by atoms with E-state index in [0.29, 0.717) is 19.0 Å². The molecule has 6 nitrogen and oxygen atoms in total. The monoisotopic (exact) mass is 419 g/mol. The van der Waals surface area contributed by atoms with Gasteiger partial charge in [0.2, 0.25) is 5.43 Å². The Bertz CT molecular complexity index is 1040. The lowest BCUT2D eigenvalue weighted by atomic mass is 10.1. The van der Waals surface area contributed by atoms with E-state index >= 15 is 8.78 Å². The molecule has 1 aliphatic heterocycles. The van der Waals surface area contributed by atoms with Crippen LogP contribution in [0.1, 0.15) is 49.5 Å². The molecule has 0 spiro atoms. The zero-order valence-corrected chi connectivity index (χ0v) is 17.3. The molecule has 1 unspecified atom stereocenters. The number of rotatable bonds is 7. The van der Waals surface area contributed by atoms with Crippen LogP contribution in [0.15, 0.2) is 17.1 Å². The van der Waals surface area contributed by atoms with Crippen molar-refractivity contribution in [2.45, 2.75) is 39.2 Å². The fourth-order valence-electron chi connectivity index (χ4n) is 4.55. The molecule has 2 aliphatic rings. The van der Waals surface area contributed by atoms with Crippen molar-refractivity contribution in [3.05, 3.63) is 39.7 Å². The molecule has 30 heavy (non-hydrogen) atoms. The molecule has 1 saturated carbocycles. The van der Waals surface area contributed by atoms with Crippen molar-refractivity contribution in [3.8, 4) is 0 Å². The molecule has 162 valence electrons. The van der Waals surface area contributed by atoms with Crippen molar-refractivity contribution in [2.24, 2.45) is 5.92 Å². The molecular formula is C22H27F2N3O3. The first-order valence-corrected chi connectivity index (χ1v) is 10.6. The molecule has 1 aliphatic carbocycles. The molecular weight excluding hydrogens is 392 g/mol. The lowest BCUT2D eigenvalue weighted by molar-refractivity contribution is 0.0694. The van der Waals surface area contributed by atoms with E-state index in [9.17, 15) is 14.7 Å². The first kappa shape index (κ1) is 20.8. The fourth-order valence-corrected chi connectivity index (χ4v) is 4.55. The first-order valence-electron chi connectivity index (χ1n) is 10.6. The number of carboxylic acid groups (broad SMARTS) is 1. The Balaban J connectivity index is 1.77. The maximum atomic E-state index is 15.7. The van der Waals surface area contributed by atoms with Crippen molar-refractivity contribution >= 4 is 22.6 Å². The second-order valence-corrected chi connectivity index (χ2v) is 8.32. The highest BCUT2D eigenvalue weighted by atomic mass is 19.1. The molecule has 0 radical (unpaired) electrons. The molecule has 8 heteroatoms. The molecule has 0 amide bonds. The molecule has 1 aromatic heterocycles. The zero-order chi connectivity index (χ0) is 21.6. The Hall–Kier alpha value is -2.48. The highest BCUT2D eigenvalue weighted by Gasteiger charge is 2.33. The van der Waals surface area contributed by atoms with Gasteiger partial charge in [-0.2, -0.15) is 0 Å². The van der Waals surface area contributed by atoms with Crippen LogP contribution < -0.4 is 10.3 Å². The van der Waals surface area contributed by atoms with Gasteiger partial charge >= 0.3 is 5.97 Å². The molecule has 1 N–H and O–H groups in total. The van der Waals surface area contributed by atoms with Gasteiger partial charge in [-0.15, -0.1) is 0 Å². The maximum absolute atomic E-state index is 15.7. The summed E-state index contributed by atoms with van der Waals surface area (Å²) in [6.07, 6.45) is 3.61. The lowest BCUT2D eigenvalue weighted by Crippen LogP contribution is -2.31. The van der Waals surface area contributed by atoms with Gasteiger partial charge in [-0.25, -0.2) is 13.6 Å². The SMILES string of the molecule is CCN(CC)CC1CCN(c2c(F)cc3c(=O)c(C(=O)O)cn(C4CC4)c3c2F)C1. The Kier molecular flexibility index (Phi) is 5.53. The molecule has 4 rings (SSSR count). The molecule has 0 bridgehead atoms. The summed E-state index contributed by atoms with van der Waals surface area (Å²) in [5.41, 5.74) is -1.40. The van der Waals surface area contributed by atoms with Crippen LogP contribution in [-0.2, 0) is 0 Å². The van der Waals surface area contributed by atoms with Gasteiger partial charge in [0.25, 0.3) is 0 Å². The van der Waals surface area contributed by atoms with Crippen molar-refractivity contribution in [1.29, 1.82) is 0 Å². The minimum absolute atomic E-state index is 0.0103. The van der Waals surface area contributed by atoms with Crippen LogP contribution in [0, 0.1) is 17.6 Å². The summed E-state index contributed by atoms with van der Waals surface area (Å²) in [4.78, 5) is 28.1. The van der Waals surface area contributed by atoms with Crippen LogP contribution in [0.2, 0.25) is 0 Å². The molecule has 1 atom stereocenters. The van der Waals surface area contributed by atoms with Crippen LogP contribution in [0.3, 0.4) is 0 Å². The van der Waals surface area contributed by atoms with E-state index < -0.39 is 28.6 Å². The second kappa shape index (κ2) is 7.98. The number of anilines is 1. The number of fused-ring (bicyclic) bond motifs is 1. The molecule has 1 saturated heterocycles. The predicted molar refractivity (Wildman–Crippen MR) is 111 cm³/mol. The number of hydrogen-bond donors (Lipinski definition) is 1. The Morgan fingerprint density at radius 1 is 1.23 bits per heavy atom. The summed E-state index contributed by atoms with van der Waals surface area (Å²) in [6.45, 7) is 8.05. The summed E-state index contributed by atoms with van der Waals surface area (Å²) in [5.74, 6) is -2.65. The summed E-state index contributed by atoms with van der Waals surface area (Å²) in [6, 6.07) is 0.951. The molecule has 2 heterocycles. The van der Waals surface area contributed by atoms with E-state index in [-0.39, 0.29) is 22.6 Å². The highest BCUT2D eigenvalue weighted by molar-refractivity contribution is 5.94. The standard InChI is InChI=1S/C22H27F2N3O3/c1-3-25(4-2)10-13-7-8-26(11-13)20-17(23)9-15-19(18(20)24)27(14-5-6-14)12-16(21(15)28)22(29)30/h9,12-14H,3-8,10-11H2,1-2H3,(H,29,30). The van der Waals surface area contributed by atoms with E-state index in [2.05, 4.69) is 18.7 Å². The van der Waals surface area contributed by atoms with Gasteiger partial charge in [0.1, 0.15) is 17.1 Å². The third kappa shape index (κ3) is 3.57.